The van der Waals surface area contributed by atoms with Crippen LogP contribution in [0.2, 0.25) is 0 Å². The Hall–Kier alpha value is -2.04. The molecular formula is C14H16N2O3. The minimum atomic E-state index is -0.516. The predicted molar refractivity (Wildman–Crippen MR) is 71.0 cm³/mol. The van der Waals surface area contributed by atoms with Crippen molar-refractivity contribution in [1.29, 1.82) is 0 Å². The van der Waals surface area contributed by atoms with Gasteiger partial charge in [-0.1, -0.05) is 12.8 Å². The molecule has 1 fully saturated rings. The van der Waals surface area contributed by atoms with Gasteiger partial charge in [-0.15, -0.1) is 0 Å². The number of carbonyl (C=O) groups excluding carboxylic acids is 1. The van der Waals surface area contributed by atoms with Crippen molar-refractivity contribution in [2.45, 2.75) is 25.3 Å². The van der Waals surface area contributed by atoms with Crippen LogP contribution in [0.1, 0.15) is 25.3 Å². The smallest absolute Gasteiger partial charge is 0.328 e. The monoisotopic (exact) mass is 260 g/mol. The van der Waals surface area contributed by atoms with Crippen molar-refractivity contribution in [1.82, 2.24) is 9.55 Å². The van der Waals surface area contributed by atoms with E-state index in [0.717, 1.165) is 18.2 Å². The van der Waals surface area contributed by atoms with Crippen LogP contribution in [-0.2, 0) is 9.53 Å². The number of aromatic nitrogens is 2. The van der Waals surface area contributed by atoms with Gasteiger partial charge in [-0.3, -0.25) is 9.36 Å². The summed E-state index contributed by atoms with van der Waals surface area (Å²) in [6, 6.07) is 3.17. The van der Waals surface area contributed by atoms with Crippen LogP contribution in [0.25, 0.3) is 10.9 Å². The lowest BCUT2D eigenvalue weighted by Crippen LogP contribution is -2.30. The maximum Gasteiger partial charge on any atom is 0.328 e. The van der Waals surface area contributed by atoms with Crippen LogP contribution in [0.3, 0.4) is 0 Å². The van der Waals surface area contributed by atoms with Gasteiger partial charge in [-0.05, 0) is 24.5 Å². The minimum absolute atomic E-state index is 0.168. The summed E-state index contributed by atoms with van der Waals surface area (Å²) >= 11 is 0. The summed E-state index contributed by atoms with van der Waals surface area (Å²) in [5, 5.41) is 0.858. The van der Waals surface area contributed by atoms with Crippen molar-refractivity contribution in [3.05, 3.63) is 34.9 Å². The van der Waals surface area contributed by atoms with Crippen LogP contribution in [0.5, 0.6) is 0 Å². The molecule has 2 aromatic rings. The molecule has 0 amide bonds. The van der Waals surface area contributed by atoms with Crippen LogP contribution in [0.4, 0.5) is 0 Å². The summed E-state index contributed by atoms with van der Waals surface area (Å²) in [6.45, 7) is 0. The second-order valence-electron chi connectivity index (χ2n) is 5.05. The van der Waals surface area contributed by atoms with E-state index in [0.29, 0.717) is 17.9 Å². The van der Waals surface area contributed by atoms with E-state index < -0.39 is 6.04 Å². The molecule has 0 aliphatic heterocycles. The first-order valence-corrected chi connectivity index (χ1v) is 6.46. The number of rotatable bonds is 4. The Morgan fingerprint density at radius 1 is 1.53 bits per heavy atom. The molecule has 0 bridgehead atoms. The molecule has 1 aliphatic rings. The zero-order valence-corrected chi connectivity index (χ0v) is 10.8. The Balaban J connectivity index is 2.05. The molecule has 1 N–H and O–H groups in total. The van der Waals surface area contributed by atoms with Gasteiger partial charge in [-0.25, -0.2) is 4.79 Å². The lowest BCUT2D eigenvalue weighted by molar-refractivity contribution is -0.145. The Bertz CT molecular complexity index is 667. The van der Waals surface area contributed by atoms with Crippen LogP contribution in [-0.4, -0.2) is 22.6 Å². The molecule has 2 heterocycles. The van der Waals surface area contributed by atoms with E-state index in [1.54, 1.807) is 12.4 Å². The van der Waals surface area contributed by atoms with E-state index in [-0.39, 0.29) is 11.5 Å². The molecule has 0 aromatic carbocycles. The summed E-state index contributed by atoms with van der Waals surface area (Å²) in [4.78, 5) is 27.2. The summed E-state index contributed by atoms with van der Waals surface area (Å²) in [5.74, 6) is 0.190. The van der Waals surface area contributed by atoms with Crippen molar-refractivity contribution < 1.29 is 9.53 Å². The highest BCUT2D eigenvalue weighted by molar-refractivity contribution is 5.79. The van der Waals surface area contributed by atoms with Crippen molar-refractivity contribution >= 4 is 16.9 Å². The topological polar surface area (TPSA) is 64.1 Å². The van der Waals surface area contributed by atoms with Gasteiger partial charge in [0.05, 0.1) is 7.11 Å². The molecule has 0 radical (unpaired) electrons. The van der Waals surface area contributed by atoms with Crippen LogP contribution < -0.4 is 5.56 Å². The molecule has 2 aromatic heterocycles. The molecule has 0 spiro atoms. The normalized spacial score (nSPS) is 16.5. The molecule has 1 atom stereocenters. The first-order valence-electron chi connectivity index (χ1n) is 6.46. The lowest BCUT2D eigenvalue weighted by atomic mass is 10.1. The number of hydrogen-bond acceptors (Lipinski definition) is 3. The quantitative estimate of drug-likeness (QED) is 0.853. The highest BCUT2D eigenvalue weighted by atomic mass is 16.5. The van der Waals surface area contributed by atoms with Crippen molar-refractivity contribution in [3.8, 4) is 0 Å². The maximum atomic E-state index is 12.4. The number of aromatic amines is 1. The van der Waals surface area contributed by atoms with Gasteiger partial charge in [0, 0.05) is 17.8 Å². The van der Waals surface area contributed by atoms with E-state index >= 15 is 0 Å². The number of esters is 1. The van der Waals surface area contributed by atoms with Crippen molar-refractivity contribution in [2.24, 2.45) is 5.92 Å². The Kier molecular flexibility index (Phi) is 2.89. The fourth-order valence-corrected chi connectivity index (χ4v) is 2.44. The minimum Gasteiger partial charge on any atom is -0.467 e. The molecule has 0 unspecified atom stereocenters. The number of H-pyrrole nitrogens is 1. The standard InChI is InChI=1S/C14H16N2O3/c1-19-14(18)11(8-9-2-3-9)16-7-5-10-4-6-15-12(10)13(16)17/h4-7,9,11,15H,2-3,8H2,1H3/t11-/m0/s1. The summed E-state index contributed by atoms with van der Waals surface area (Å²) in [5.41, 5.74) is 0.366. The number of pyridine rings is 1. The third kappa shape index (κ3) is 2.16. The van der Waals surface area contributed by atoms with E-state index in [1.165, 1.54) is 11.7 Å². The number of nitrogens with zero attached hydrogens (tertiary/aromatic N) is 1. The number of ether oxygens (including phenoxy) is 1. The summed E-state index contributed by atoms with van der Waals surface area (Å²) in [7, 11) is 1.36. The van der Waals surface area contributed by atoms with Crippen LogP contribution in [0.15, 0.2) is 29.3 Å². The first kappa shape index (κ1) is 12.0. The number of fused-ring (bicyclic) bond motifs is 1. The number of carbonyl (C=O) groups is 1. The average molecular weight is 260 g/mol. The van der Waals surface area contributed by atoms with Gasteiger partial charge in [0.15, 0.2) is 0 Å². The van der Waals surface area contributed by atoms with Gasteiger partial charge >= 0.3 is 5.97 Å². The Labute approximate surface area is 110 Å². The van der Waals surface area contributed by atoms with Gasteiger partial charge in [0.2, 0.25) is 0 Å². The second-order valence-corrected chi connectivity index (χ2v) is 5.05. The predicted octanol–water partition coefficient (Wildman–Crippen LogP) is 1.84. The van der Waals surface area contributed by atoms with Gasteiger partial charge in [-0.2, -0.15) is 0 Å². The van der Waals surface area contributed by atoms with Crippen LogP contribution in [0, 0.1) is 5.92 Å². The van der Waals surface area contributed by atoms with E-state index in [4.69, 9.17) is 4.74 Å². The van der Waals surface area contributed by atoms with Gasteiger partial charge in [0.25, 0.3) is 5.56 Å². The third-order valence-corrected chi connectivity index (χ3v) is 3.70. The molecule has 5 nitrogen and oxygen atoms in total. The molecule has 1 aliphatic carbocycles. The molecular weight excluding hydrogens is 244 g/mol. The molecule has 3 rings (SSSR count). The highest BCUT2D eigenvalue weighted by Crippen LogP contribution is 2.37. The molecule has 19 heavy (non-hydrogen) atoms. The zero-order valence-electron chi connectivity index (χ0n) is 10.8. The molecule has 5 heteroatoms. The van der Waals surface area contributed by atoms with E-state index in [1.807, 2.05) is 12.1 Å². The maximum absolute atomic E-state index is 12.4. The first-order chi connectivity index (χ1) is 9.20. The number of hydrogen-bond donors (Lipinski definition) is 1. The second kappa shape index (κ2) is 4.57. The molecule has 0 saturated heterocycles. The zero-order chi connectivity index (χ0) is 13.4. The average Bonchev–Trinajstić information content (AvgIpc) is 3.10. The van der Waals surface area contributed by atoms with Crippen molar-refractivity contribution in [3.63, 3.8) is 0 Å². The Morgan fingerprint density at radius 2 is 2.32 bits per heavy atom. The third-order valence-electron chi connectivity index (χ3n) is 3.70. The molecule has 100 valence electrons. The highest BCUT2D eigenvalue weighted by Gasteiger charge is 2.31. The largest absolute Gasteiger partial charge is 0.467 e. The van der Waals surface area contributed by atoms with Crippen LogP contribution >= 0.6 is 0 Å². The van der Waals surface area contributed by atoms with E-state index in [2.05, 4.69) is 4.98 Å². The lowest BCUT2D eigenvalue weighted by Gasteiger charge is -2.17. The number of nitrogens with one attached hydrogen (secondary N) is 1. The number of methoxy groups -OCH3 is 1. The van der Waals surface area contributed by atoms with Gasteiger partial charge in [0.1, 0.15) is 11.6 Å². The fourth-order valence-electron chi connectivity index (χ4n) is 2.44. The Morgan fingerprint density at radius 3 is 3.00 bits per heavy atom. The fraction of sp³-hybridized carbons (Fsp3) is 0.429. The summed E-state index contributed by atoms with van der Waals surface area (Å²) < 4.78 is 6.32. The van der Waals surface area contributed by atoms with Gasteiger partial charge < -0.3 is 9.72 Å². The van der Waals surface area contributed by atoms with Crippen molar-refractivity contribution in [2.75, 3.05) is 7.11 Å². The molecule has 1 saturated carbocycles. The SMILES string of the molecule is COC(=O)[C@H](CC1CC1)n1ccc2cc[nH]c2c1=O. The summed E-state index contributed by atoms with van der Waals surface area (Å²) in [6.07, 6.45) is 6.35. The van der Waals surface area contributed by atoms with E-state index in [9.17, 15) is 9.59 Å².